The van der Waals surface area contributed by atoms with Gasteiger partial charge in [-0.3, -0.25) is 4.79 Å². The van der Waals surface area contributed by atoms with Crippen LogP contribution in [0.2, 0.25) is 0 Å². The highest BCUT2D eigenvalue weighted by molar-refractivity contribution is 7.11. The Balaban J connectivity index is 1.46. The molecule has 174 valence electrons. The van der Waals surface area contributed by atoms with Crippen molar-refractivity contribution in [1.29, 1.82) is 0 Å². The van der Waals surface area contributed by atoms with Gasteiger partial charge in [-0.05, 0) is 74.4 Å². The van der Waals surface area contributed by atoms with Gasteiger partial charge in [-0.25, -0.2) is 0 Å². The summed E-state index contributed by atoms with van der Waals surface area (Å²) in [5.41, 5.74) is 7.37. The van der Waals surface area contributed by atoms with Crippen molar-refractivity contribution < 1.29 is 9.90 Å². The Kier molecular flexibility index (Phi) is 7.97. The predicted molar refractivity (Wildman–Crippen MR) is 135 cm³/mol. The second-order valence-electron chi connectivity index (χ2n) is 8.99. The van der Waals surface area contributed by atoms with E-state index in [0.717, 1.165) is 62.9 Å². The van der Waals surface area contributed by atoms with Crippen molar-refractivity contribution in [3.05, 3.63) is 93.7 Å². The normalized spacial score (nSPS) is 16.8. The molecule has 1 amide bonds. The Labute approximate surface area is 201 Å². The van der Waals surface area contributed by atoms with Crippen LogP contribution in [0.4, 0.5) is 0 Å². The summed E-state index contributed by atoms with van der Waals surface area (Å²) in [7, 11) is 0. The fourth-order valence-electron chi connectivity index (χ4n) is 5.34. The Hall–Kier alpha value is -2.47. The number of aryl methyl sites for hydroxylation is 2. The van der Waals surface area contributed by atoms with E-state index < -0.39 is 5.41 Å². The van der Waals surface area contributed by atoms with E-state index in [1.165, 1.54) is 9.75 Å². The molecule has 1 aromatic heterocycles. The second-order valence-corrected chi connectivity index (χ2v) is 10.2. The lowest BCUT2D eigenvalue weighted by atomic mass is 9.64. The van der Waals surface area contributed by atoms with Crippen molar-refractivity contribution >= 4 is 17.2 Å². The number of hydrogen-bond acceptors (Lipinski definition) is 4. The van der Waals surface area contributed by atoms with E-state index in [9.17, 15) is 4.79 Å². The van der Waals surface area contributed by atoms with Crippen molar-refractivity contribution in [3.8, 4) is 0 Å². The fourth-order valence-corrected chi connectivity index (χ4v) is 6.44. The zero-order valence-corrected chi connectivity index (χ0v) is 20.0. The summed E-state index contributed by atoms with van der Waals surface area (Å²) in [6.07, 6.45) is 4.93. The van der Waals surface area contributed by atoms with Gasteiger partial charge in [0.25, 0.3) is 0 Å². The number of thiophene rings is 1. The maximum atomic E-state index is 13.2. The first-order chi connectivity index (χ1) is 16.1. The zero-order chi connectivity index (χ0) is 23.1. The topological polar surface area (TPSA) is 66.6 Å². The number of nitrogens with two attached hydrogens (primary N) is 1. The van der Waals surface area contributed by atoms with Gasteiger partial charge in [-0.2, -0.15) is 0 Å². The summed E-state index contributed by atoms with van der Waals surface area (Å²) < 4.78 is 0. The first-order valence-corrected chi connectivity index (χ1v) is 12.8. The quantitative estimate of drug-likeness (QED) is 0.444. The van der Waals surface area contributed by atoms with Crippen LogP contribution in [0, 0.1) is 5.92 Å². The molecule has 0 bridgehead atoms. The van der Waals surface area contributed by atoms with E-state index in [-0.39, 0.29) is 18.4 Å². The van der Waals surface area contributed by atoms with Crippen LogP contribution in [0.15, 0.2) is 72.8 Å². The molecule has 3 N–H and O–H groups in total. The number of benzene rings is 2. The Morgan fingerprint density at radius 2 is 1.52 bits per heavy atom. The highest BCUT2D eigenvalue weighted by atomic mass is 32.1. The minimum Gasteiger partial charge on any atom is -0.396 e. The van der Waals surface area contributed by atoms with Crippen LogP contribution in [-0.4, -0.2) is 42.2 Å². The lowest BCUT2D eigenvalue weighted by molar-refractivity contribution is -0.123. The number of likely N-dealkylation sites (tertiary alicyclic amines) is 1. The van der Waals surface area contributed by atoms with Crippen LogP contribution in [0.1, 0.15) is 40.1 Å². The Morgan fingerprint density at radius 3 is 2.06 bits per heavy atom. The zero-order valence-electron chi connectivity index (χ0n) is 19.2. The first-order valence-electron chi connectivity index (χ1n) is 12.0. The summed E-state index contributed by atoms with van der Waals surface area (Å²) in [5.74, 6) is -0.118. The van der Waals surface area contributed by atoms with Crippen LogP contribution in [-0.2, 0) is 23.1 Å². The molecule has 33 heavy (non-hydrogen) atoms. The van der Waals surface area contributed by atoms with Crippen LogP contribution in [0.25, 0.3) is 0 Å². The molecular formula is C28H34N2O2S. The highest BCUT2D eigenvalue weighted by Crippen LogP contribution is 2.43. The highest BCUT2D eigenvalue weighted by Gasteiger charge is 2.49. The average molecular weight is 463 g/mol. The third-order valence-corrected chi connectivity index (χ3v) is 8.13. The van der Waals surface area contributed by atoms with Gasteiger partial charge in [0, 0.05) is 22.9 Å². The largest absolute Gasteiger partial charge is 0.396 e. The number of primary amides is 1. The maximum absolute atomic E-state index is 13.2. The molecule has 0 aliphatic carbocycles. The molecule has 0 spiro atoms. The molecule has 1 fully saturated rings. The molecule has 0 radical (unpaired) electrons. The molecule has 4 rings (SSSR count). The van der Waals surface area contributed by atoms with E-state index in [1.54, 1.807) is 0 Å². The number of rotatable bonds is 11. The van der Waals surface area contributed by atoms with E-state index in [1.807, 2.05) is 72.0 Å². The van der Waals surface area contributed by atoms with E-state index >= 15 is 0 Å². The fraction of sp³-hybridized carbons (Fsp3) is 0.393. The smallest absolute Gasteiger partial charge is 0.232 e. The van der Waals surface area contributed by atoms with Crippen molar-refractivity contribution in [3.63, 3.8) is 0 Å². The van der Waals surface area contributed by atoms with Gasteiger partial charge < -0.3 is 15.7 Å². The van der Waals surface area contributed by atoms with Crippen molar-refractivity contribution in [2.24, 2.45) is 11.7 Å². The summed E-state index contributed by atoms with van der Waals surface area (Å²) in [6.45, 7) is 3.14. The Bertz CT molecular complexity index is 979. The van der Waals surface area contributed by atoms with E-state index in [2.05, 4.69) is 17.0 Å². The van der Waals surface area contributed by atoms with Gasteiger partial charge in [0.2, 0.25) is 5.91 Å². The molecule has 2 heterocycles. The SMILES string of the molecule is NC(=O)C(c1ccccc1)(c1ccccc1)C1CCN(CCCc2ccc(CCCO)s2)C1. The lowest BCUT2D eigenvalue weighted by Gasteiger charge is -2.37. The predicted octanol–water partition coefficient (Wildman–Crippen LogP) is 4.40. The van der Waals surface area contributed by atoms with Crippen LogP contribution in [0.3, 0.4) is 0 Å². The van der Waals surface area contributed by atoms with Gasteiger partial charge in [0.1, 0.15) is 5.41 Å². The van der Waals surface area contributed by atoms with Crippen molar-refractivity contribution in [2.75, 3.05) is 26.2 Å². The summed E-state index contributed by atoms with van der Waals surface area (Å²) in [4.78, 5) is 18.5. The first kappa shape index (κ1) is 23.7. The van der Waals surface area contributed by atoms with Crippen LogP contribution >= 0.6 is 11.3 Å². The number of aliphatic hydroxyl groups excluding tert-OH is 1. The summed E-state index contributed by atoms with van der Waals surface area (Å²) in [5, 5.41) is 9.03. The monoisotopic (exact) mass is 462 g/mol. The number of hydrogen-bond donors (Lipinski definition) is 2. The minimum absolute atomic E-state index is 0.145. The number of carbonyl (C=O) groups excluding carboxylic acids is 1. The summed E-state index contributed by atoms with van der Waals surface area (Å²) in [6, 6.07) is 24.6. The van der Waals surface area contributed by atoms with Gasteiger partial charge in [0.15, 0.2) is 0 Å². The maximum Gasteiger partial charge on any atom is 0.232 e. The third kappa shape index (κ3) is 5.21. The average Bonchev–Trinajstić information content (AvgIpc) is 3.50. The minimum atomic E-state index is -0.813. The number of aliphatic hydroxyl groups is 1. The molecular weight excluding hydrogens is 428 g/mol. The number of nitrogens with zero attached hydrogens (tertiary/aromatic N) is 1. The molecule has 4 nitrogen and oxygen atoms in total. The molecule has 1 aliphatic heterocycles. The van der Waals surface area contributed by atoms with Gasteiger partial charge in [-0.1, -0.05) is 60.7 Å². The van der Waals surface area contributed by atoms with Gasteiger partial charge in [0.05, 0.1) is 0 Å². The Morgan fingerprint density at radius 1 is 0.939 bits per heavy atom. The molecule has 5 heteroatoms. The molecule has 1 unspecified atom stereocenters. The third-order valence-electron chi connectivity index (χ3n) is 6.93. The van der Waals surface area contributed by atoms with E-state index in [0.29, 0.717) is 0 Å². The number of amides is 1. The van der Waals surface area contributed by atoms with Gasteiger partial charge in [-0.15, -0.1) is 11.3 Å². The molecule has 1 aliphatic rings. The molecule has 1 saturated heterocycles. The molecule has 3 aromatic rings. The standard InChI is InChI=1S/C28H34N2O2S/c29-27(32)28(22-9-3-1-4-10-22,23-11-5-2-6-12-23)24-17-19-30(21-24)18-7-13-25-15-16-26(33-25)14-8-20-31/h1-6,9-12,15-16,24,31H,7-8,13-14,17-21H2,(H2,29,32). The van der Waals surface area contributed by atoms with Crippen LogP contribution in [0.5, 0.6) is 0 Å². The van der Waals surface area contributed by atoms with Crippen molar-refractivity contribution in [2.45, 2.75) is 37.5 Å². The summed E-state index contributed by atoms with van der Waals surface area (Å²) >= 11 is 1.87. The molecule has 1 atom stereocenters. The lowest BCUT2D eigenvalue weighted by Crippen LogP contribution is -2.49. The van der Waals surface area contributed by atoms with E-state index in [4.69, 9.17) is 10.8 Å². The van der Waals surface area contributed by atoms with Crippen molar-refractivity contribution in [1.82, 2.24) is 4.90 Å². The van der Waals surface area contributed by atoms with Crippen LogP contribution < -0.4 is 5.73 Å². The second kappa shape index (κ2) is 11.1. The van der Waals surface area contributed by atoms with Gasteiger partial charge >= 0.3 is 0 Å². The molecule has 2 aromatic carbocycles. The number of carbonyl (C=O) groups is 1. The molecule has 0 saturated carbocycles.